The summed E-state index contributed by atoms with van der Waals surface area (Å²) in [5.41, 5.74) is -1.39. The first-order valence-corrected chi connectivity index (χ1v) is 6.64. The van der Waals surface area contributed by atoms with Gasteiger partial charge in [-0.2, -0.15) is 0 Å². The Labute approximate surface area is 98.2 Å². The third kappa shape index (κ3) is 2.23. The molecule has 0 saturated carbocycles. The second-order valence-corrected chi connectivity index (χ2v) is 5.11. The number of benzene rings is 1. The van der Waals surface area contributed by atoms with Gasteiger partial charge in [0.15, 0.2) is 0 Å². The van der Waals surface area contributed by atoms with Gasteiger partial charge in [-0.15, -0.1) is 0 Å². The molecule has 1 aromatic carbocycles. The zero-order valence-corrected chi connectivity index (χ0v) is 10.1. The van der Waals surface area contributed by atoms with Crippen molar-refractivity contribution in [1.29, 1.82) is 0 Å². The molecule has 0 fully saturated rings. The standard InChI is InChI=1S/C8H4AsClO6/c10-4-2-1-3(7(11)12)5(8(13)14)6(4)9(15)16/h1-2H,(H,11,12)(H,13,14). The van der Waals surface area contributed by atoms with Crippen LogP contribution in [0, 0.1) is 0 Å². The number of carboxylic acid groups (broad SMARTS) is 2. The van der Waals surface area contributed by atoms with Gasteiger partial charge >= 0.3 is 98.0 Å². The van der Waals surface area contributed by atoms with Crippen molar-refractivity contribution in [2.75, 3.05) is 0 Å². The summed E-state index contributed by atoms with van der Waals surface area (Å²) in [4.78, 5) is 21.5. The van der Waals surface area contributed by atoms with Gasteiger partial charge in [0.05, 0.1) is 0 Å². The van der Waals surface area contributed by atoms with E-state index >= 15 is 0 Å². The number of carbonyl (C=O) groups is 2. The Morgan fingerprint density at radius 3 is 2.06 bits per heavy atom. The Balaban J connectivity index is 3.77. The van der Waals surface area contributed by atoms with Gasteiger partial charge in [-0.05, 0) is 0 Å². The molecule has 16 heavy (non-hydrogen) atoms. The average molecular weight is 306 g/mol. The molecule has 84 valence electrons. The summed E-state index contributed by atoms with van der Waals surface area (Å²) in [7, 11) is 0. The van der Waals surface area contributed by atoms with E-state index in [4.69, 9.17) is 21.8 Å². The number of carboxylic acids is 2. The molecule has 0 spiro atoms. The van der Waals surface area contributed by atoms with Crippen LogP contribution in [0.25, 0.3) is 0 Å². The molecular weight excluding hydrogens is 302 g/mol. The van der Waals surface area contributed by atoms with E-state index in [9.17, 15) is 17.1 Å². The zero-order chi connectivity index (χ0) is 12.5. The minimum absolute atomic E-state index is 0.285. The number of halogens is 1. The molecule has 1 rings (SSSR count). The molecule has 2 N–H and O–H groups in total. The van der Waals surface area contributed by atoms with Crippen LogP contribution in [-0.2, 0) is 7.48 Å². The normalized spacial score (nSPS) is 9.81. The molecule has 1 aromatic rings. The molecule has 0 atom stereocenters. The third-order valence-corrected chi connectivity index (χ3v) is 4.10. The maximum atomic E-state index is 10.9. The number of hydrogen-bond donors (Lipinski definition) is 2. The predicted molar refractivity (Wildman–Crippen MR) is 52.1 cm³/mol. The van der Waals surface area contributed by atoms with Crippen LogP contribution in [0.3, 0.4) is 0 Å². The minimum atomic E-state index is -4.08. The van der Waals surface area contributed by atoms with Gasteiger partial charge < -0.3 is 0 Å². The molecule has 0 unspecified atom stereocenters. The Bertz CT molecular complexity index is 540. The molecule has 0 bridgehead atoms. The van der Waals surface area contributed by atoms with Crippen molar-refractivity contribution < 1.29 is 27.3 Å². The first-order valence-electron chi connectivity index (χ1n) is 3.79. The molecule has 0 aliphatic heterocycles. The molecule has 0 heterocycles. The van der Waals surface area contributed by atoms with Crippen LogP contribution in [0.1, 0.15) is 20.7 Å². The molecule has 0 aromatic heterocycles. The van der Waals surface area contributed by atoms with Crippen LogP contribution < -0.4 is 4.35 Å². The van der Waals surface area contributed by atoms with Crippen molar-refractivity contribution >= 4 is 42.4 Å². The van der Waals surface area contributed by atoms with Crippen LogP contribution in [-0.4, -0.2) is 36.7 Å². The van der Waals surface area contributed by atoms with Crippen LogP contribution in [0.5, 0.6) is 0 Å². The van der Waals surface area contributed by atoms with E-state index in [1.807, 2.05) is 0 Å². The van der Waals surface area contributed by atoms with Crippen molar-refractivity contribution in [3.63, 3.8) is 0 Å². The topological polar surface area (TPSA) is 109 Å². The summed E-state index contributed by atoms with van der Waals surface area (Å²) in [6.45, 7) is 0. The first-order chi connectivity index (χ1) is 7.36. The van der Waals surface area contributed by atoms with Crippen LogP contribution >= 0.6 is 11.6 Å². The summed E-state index contributed by atoms with van der Waals surface area (Å²) < 4.78 is 21.2. The van der Waals surface area contributed by atoms with E-state index < -0.39 is 41.9 Å². The van der Waals surface area contributed by atoms with E-state index in [2.05, 4.69) is 0 Å². The molecule has 8 heteroatoms. The second-order valence-electron chi connectivity index (χ2n) is 2.69. The van der Waals surface area contributed by atoms with E-state index in [0.29, 0.717) is 0 Å². The number of rotatable bonds is 3. The third-order valence-electron chi connectivity index (χ3n) is 1.76. The fourth-order valence-electron chi connectivity index (χ4n) is 1.14. The van der Waals surface area contributed by atoms with Gasteiger partial charge in [-0.25, -0.2) is 0 Å². The zero-order valence-electron chi connectivity index (χ0n) is 7.51. The fraction of sp³-hybridized carbons (Fsp3) is 0. The first kappa shape index (κ1) is 12.7. The second kappa shape index (κ2) is 4.63. The molecule has 0 amide bonds. The molecule has 0 saturated heterocycles. The molecule has 0 aliphatic rings. The maximum absolute atomic E-state index is 10.9. The van der Waals surface area contributed by atoms with Crippen LogP contribution in [0.15, 0.2) is 12.1 Å². The van der Waals surface area contributed by atoms with Gasteiger partial charge in [0.2, 0.25) is 0 Å². The van der Waals surface area contributed by atoms with Gasteiger partial charge in [0, 0.05) is 0 Å². The summed E-state index contributed by atoms with van der Waals surface area (Å²) in [5.74, 6) is -3.16. The number of hydrogen-bond acceptors (Lipinski definition) is 4. The van der Waals surface area contributed by atoms with Gasteiger partial charge in [0.25, 0.3) is 0 Å². The summed E-state index contributed by atoms with van der Waals surface area (Å²) in [6.07, 6.45) is 0. The van der Waals surface area contributed by atoms with Crippen molar-refractivity contribution in [1.82, 2.24) is 0 Å². The summed E-state index contributed by atoms with van der Waals surface area (Å²) in [6, 6.07) is 2.00. The van der Waals surface area contributed by atoms with Crippen molar-refractivity contribution in [2.24, 2.45) is 0 Å². The SMILES string of the molecule is O=C(O)c1ccc(Cl)c([As](=O)=O)c1C(=O)O. The van der Waals surface area contributed by atoms with Gasteiger partial charge in [-0.3, -0.25) is 0 Å². The summed E-state index contributed by atoms with van der Waals surface area (Å²) in [5, 5.41) is 17.2. The monoisotopic (exact) mass is 306 g/mol. The summed E-state index contributed by atoms with van der Waals surface area (Å²) >= 11 is 1.45. The van der Waals surface area contributed by atoms with E-state index in [0.717, 1.165) is 12.1 Å². The van der Waals surface area contributed by atoms with Crippen LogP contribution in [0.2, 0.25) is 5.02 Å². The average Bonchev–Trinajstić information content (AvgIpc) is 2.15. The van der Waals surface area contributed by atoms with E-state index in [1.54, 1.807) is 0 Å². The van der Waals surface area contributed by atoms with Crippen molar-refractivity contribution in [3.8, 4) is 0 Å². The van der Waals surface area contributed by atoms with E-state index in [-0.39, 0.29) is 5.02 Å². The Morgan fingerprint density at radius 1 is 1.12 bits per heavy atom. The molecule has 0 aliphatic carbocycles. The molecular formula is C8H4AsClO6. The quantitative estimate of drug-likeness (QED) is 0.777. The van der Waals surface area contributed by atoms with Crippen molar-refractivity contribution in [2.45, 2.75) is 0 Å². The van der Waals surface area contributed by atoms with Gasteiger partial charge in [0.1, 0.15) is 0 Å². The predicted octanol–water partition coefficient (Wildman–Crippen LogP) is 0.293. The Morgan fingerprint density at radius 2 is 1.69 bits per heavy atom. The van der Waals surface area contributed by atoms with Crippen molar-refractivity contribution in [3.05, 3.63) is 28.3 Å². The van der Waals surface area contributed by atoms with E-state index in [1.165, 1.54) is 0 Å². The number of aromatic carboxylic acids is 2. The Kier molecular flexibility index (Phi) is 3.67. The fourth-order valence-corrected chi connectivity index (χ4v) is 3.01. The molecule has 0 radical (unpaired) electrons. The van der Waals surface area contributed by atoms with Gasteiger partial charge in [-0.1, -0.05) is 0 Å². The molecule has 6 nitrogen and oxygen atoms in total. The van der Waals surface area contributed by atoms with Crippen LogP contribution in [0.4, 0.5) is 0 Å². The Hall–Kier alpha value is -1.39.